The van der Waals surface area contributed by atoms with E-state index in [4.69, 9.17) is 9.84 Å². The number of anilines is 1. The van der Waals surface area contributed by atoms with Gasteiger partial charge in [-0.05, 0) is 47.4 Å². The van der Waals surface area contributed by atoms with Crippen LogP contribution in [0, 0.1) is 0 Å². The van der Waals surface area contributed by atoms with Crippen molar-refractivity contribution in [2.75, 3.05) is 11.9 Å². The zero-order chi connectivity index (χ0) is 24.5. The van der Waals surface area contributed by atoms with Gasteiger partial charge in [-0.15, -0.1) is 0 Å². The number of aromatic nitrogens is 1. The second-order valence-corrected chi connectivity index (χ2v) is 9.22. The van der Waals surface area contributed by atoms with Crippen LogP contribution in [0.2, 0.25) is 0 Å². The highest BCUT2D eigenvalue weighted by atomic mass is 32.1. The maximum absolute atomic E-state index is 12.5. The van der Waals surface area contributed by atoms with Crippen molar-refractivity contribution in [3.63, 3.8) is 0 Å². The van der Waals surface area contributed by atoms with Crippen LogP contribution in [0.5, 0.6) is 0 Å². The Hall–Kier alpha value is -4.24. The number of nitrogens with one attached hydrogen (secondary N) is 2. The van der Waals surface area contributed by atoms with E-state index in [1.54, 1.807) is 18.2 Å². The molecule has 0 saturated heterocycles. The molecule has 0 spiro atoms. The topological polar surface area (TPSA) is 118 Å². The van der Waals surface area contributed by atoms with Crippen LogP contribution < -0.4 is 10.6 Å². The Balaban J connectivity index is 1.26. The first-order valence-corrected chi connectivity index (χ1v) is 11.8. The number of amides is 2. The van der Waals surface area contributed by atoms with E-state index in [-0.39, 0.29) is 12.5 Å². The number of carboxylic acid groups (broad SMARTS) is 1. The van der Waals surface area contributed by atoms with E-state index in [2.05, 4.69) is 39.9 Å². The van der Waals surface area contributed by atoms with Crippen molar-refractivity contribution in [1.29, 1.82) is 0 Å². The minimum Gasteiger partial charge on any atom is -0.480 e. The molecular weight excluding hydrogens is 466 g/mol. The Bertz CT molecular complexity index is 1420. The van der Waals surface area contributed by atoms with Crippen LogP contribution >= 0.6 is 11.3 Å². The monoisotopic (exact) mass is 487 g/mol. The summed E-state index contributed by atoms with van der Waals surface area (Å²) in [5.74, 6) is -1.66. The van der Waals surface area contributed by atoms with Crippen LogP contribution in [0.3, 0.4) is 0 Å². The average Bonchev–Trinajstić information content (AvgIpc) is 3.40. The van der Waals surface area contributed by atoms with Crippen molar-refractivity contribution in [2.45, 2.75) is 18.9 Å². The van der Waals surface area contributed by atoms with Crippen molar-refractivity contribution in [2.24, 2.45) is 0 Å². The largest absolute Gasteiger partial charge is 0.480 e. The fraction of sp³-hybridized carbons (Fsp3) is 0.154. The average molecular weight is 488 g/mol. The smallest absolute Gasteiger partial charge is 0.413 e. The number of aliphatic carboxylic acids is 1. The van der Waals surface area contributed by atoms with Gasteiger partial charge in [-0.3, -0.25) is 14.9 Å². The number of nitrogens with zero attached hydrogens (tertiary/aromatic N) is 1. The molecule has 0 bridgehead atoms. The van der Waals surface area contributed by atoms with Crippen molar-refractivity contribution in [3.8, 4) is 11.1 Å². The first kappa shape index (κ1) is 22.5. The van der Waals surface area contributed by atoms with Gasteiger partial charge in [0.1, 0.15) is 12.6 Å². The van der Waals surface area contributed by atoms with Crippen molar-refractivity contribution >= 4 is 44.7 Å². The Kier molecular flexibility index (Phi) is 5.92. The number of fused-ring (bicyclic) bond motifs is 4. The highest BCUT2D eigenvalue weighted by Gasteiger charge is 2.29. The quantitative estimate of drug-likeness (QED) is 0.358. The summed E-state index contributed by atoms with van der Waals surface area (Å²) >= 11 is 1.20. The molecular formula is C26H21N3O5S. The summed E-state index contributed by atoms with van der Waals surface area (Å²) in [5.41, 5.74) is 5.48. The third-order valence-electron chi connectivity index (χ3n) is 5.92. The van der Waals surface area contributed by atoms with E-state index in [9.17, 15) is 14.4 Å². The van der Waals surface area contributed by atoms with E-state index in [0.717, 1.165) is 22.3 Å². The summed E-state index contributed by atoms with van der Waals surface area (Å²) in [6.07, 6.45) is -0.612. The van der Waals surface area contributed by atoms with Gasteiger partial charge >= 0.3 is 12.1 Å². The molecule has 5 rings (SSSR count). The van der Waals surface area contributed by atoms with Crippen LogP contribution in [0.25, 0.3) is 21.3 Å². The Morgan fingerprint density at radius 2 is 1.69 bits per heavy atom. The second kappa shape index (κ2) is 9.19. The maximum Gasteiger partial charge on any atom is 0.413 e. The Morgan fingerprint density at radius 3 is 2.34 bits per heavy atom. The Labute approximate surface area is 204 Å². The fourth-order valence-corrected chi connectivity index (χ4v) is 5.07. The minimum absolute atomic E-state index is 0.0437. The zero-order valence-electron chi connectivity index (χ0n) is 18.6. The summed E-state index contributed by atoms with van der Waals surface area (Å²) in [6.45, 7) is 1.58. The van der Waals surface area contributed by atoms with Gasteiger partial charge in [0, 0.05) is 11.5 Å². The lowest BCUT2D eigenvalue weighted by atomic mass is 9.98. The molecule has 1 heterocycles. The van der Waals surface area contributed by atoms with Gasteiger partial charge in [-0.1, -0.05) is 59.9 Å². The van der Waals surface area contributed by atoms with E-state index in [1.165, 1.54) is 18.3 Å². The summed E-state index contributed by atoms with van der Waals surface area (Å²) in [7, 11) is 0. The van der Waals surface area contributed by atoms with Crippen LogP contribution in [-0.2, 0) is 9.53 Å². The summed E-state index contributed by atoms with van der Waals surface area (Å²) < 4.78 is 6.24. The molecule has 1 unspecified atom stereocenters. The number of rotatable bonds is 6. The molecule has 0 radical (unpaired) electrons. The lowest BCUT2D eigenvalue weighted by Crippen LogP contribution is -2.38. The minimum atomic E-state index is -1.12. The highest BCUT2D eigenvalue weighted by molar-refractivity contribution is 7.22. The molecule has 1 atom stereocenters. The molecule has 0 fully saturated rings. The van der Waals surface area contributed by atoms with Crippen molar-refractivity contribution < 1.29 is 24.2 Å². The maximum atomic E-state index is 12.5. The molecule has 1 aliphatic rings. The normalized spacial score (nSPS) is 13.1. The number of hydrogen-bond donors (Lipinski definition) is 3. The standard InChI is InChI=1S/C26H21N3O5S/c1-14(24(31)32)27-23(30)15-10-11-21-22(12-15)35-25(28-21)29-26(33)34-13-20-18-8-4-2-6-16(18)17-7-3-5-9-19(17)20/h2-12,14,20H,13H2,1H3,(H,27,30)(H,31,32)(H,28,29,33). The Morgan fingerprint density at radius 1 is 1.03 bits per heavy atom. The lowest BCUT2D eigenvalue weighted by molar-refractivity contribution is -0.138. The number of carbonyl (C=O) groups excluding carboxylic acids is 2. The van der Waals surface area contributed by atoms with Gasteiger partial charge in [-0.25, -0.2) is 9.78 Å². The lowest BCUT2D eigenvalue weighted by Gasteiger charge is -2.14. The van der Waals surface area contributed by atoms with Gasteiger partial charge in [0.15, 0.2) is 5.13 Å². The van der Waals surface area contributed by atoms with Crippen LogP contribution in [0.1, 0.15) is 34.3 Å². The van der Waals surface area contributed by atoms with Gasteiger partial charge in [0.05, 0.1) is 10.2 Å². The molecule has 35 heavy (non-hydrogen) atoms. The summed E-state index contributed by atoms with van der Waals surface area (Å²) in [4.78, 5) is 40.2. The zero-order valence-corrected chi connectivity index (χ0v) is 19.5. The molecule has 1 aliphatic carbocycles. The number of carbonyl (C=O) groups is 3. The molecule has 8 nitrogen and oxygen atoms in total. The third kappa shape index (κ3) is 4.45. The van der Waals surface area contributed by atoms with Gasteiger partial charge < -0.3 is 15.2 Å². The molecule has 3 N–H and O–H groups in total. The van der Waals surface area contributed by atoms with Crippen molar-refractivity contribution in [1.82, 2.24) is 10.3 Å². The van der Waals surface area contributed by atoms with Gasteiger partial charge in [0.25, 0.3) is 5.91 Å². The summed E-state index contributed by atoms with van der Waals surface area (Å²) in [5, 5.41) is 14.4. The predicted molar refractivity (Wildman–Crippen MR) is 133 cm³/mol. The molecule has 3 aromatic carbocycles. The van der Waals surface area contributed by atoms with E-state index >= 15 is 0 Å². The molecule has 9 heteroatoms. The second-order valence-electron chi connectivity index (χ2n) is 8.19. The number of ether oxygens (including phenoxy) is 1. The summed E-state index contributed by atoms with van der Waals surface area (Å²) in [6, 6.07) is 20.0. The van der Waals surface area contributed by atoms with Crippen molar-refractivity contribution in [3.05, 3.63) is 83.4 Å². The molecule has 4 aromatic rings. The molecule has 1 aromatic heterocycles. The van der Waals surface area contributed by atoms with Crippen LogP contribution in [0.15, 0.2) is 66.7 Å². The molecule has 176 valence electrons. The molecule has 2 amide bonds. The molecule has 0 saturated carbocycles. The SMILES string of the molecule is CC(NC(=O)c1ccc2nc(NC(=O)OCC3c4ccccc4-c4ccccc43)sc2c1)C(=O)O. The number of carboxylic acids is 1. The van der Waals surface area contributed by atoms with Crippen LogP contribution in [-0.4, -0.2) is 40.7 Å². The first-order chi connectivity index (χ1) is 16.9. The predicted octanol–water partition coefficient (Wildman–Crippen LogP) is 4.86. The van der Waals surface area contributed by atoms with E-state index < -0.39 is 24.0 Å². The van der Waals surface area contributed by atoms with Crippen LogP contribution in [0.4, 0.5) is 9.93 Å². The van der Waals surface area contributed by atoms with Gasteiger partial charge in [0.2, 0.25) is 0 Å². The number of benzene rings is 3. The number of hydrogen-bond acceptors (Lipinski definition) is 6. The number of thiazole rings is 1. The highest BCUT2D eigenvalue weighted by Crippen LogP contribution is 2.44. The first-order valence-electron chi connectivity index (χ1n) is 11.0. The van der Waals surface area contributed by atoms with Gasteiger partial charge in [-0.2, -0.15) is 0 Å². The third-order valence-corrected chi connectivity index (χ3v) is 6.85. The molecule has 0 aliphatic heterocycles. The van der Waals surface area contributed by atoms with E-state index in [1.807, 2.05) is 24.3 Å². The fourth-order valence-electron chi connectivity index (χ4n) is 4.18. The van der Waals surface area contributed by atoms with E-state index in [0.29, 0.717) is 20.9 Å².